The topological polar surface area (TPSA) is 49.8 Å². The summed E-state index contributed by atoms with van der Waals surface area (Å²) < 4.78 is 5.47. The molecule has 1 aliphatic rings. The minimum Gasteiger partial charge on any atom is -0.444 e. The minimum atomic E-state index is -0.517. The van der Waals surface area contributed by atoms with Crippen LogP contribution in [-0.2, 0) is 4.74 Å². The van der Waals surface area contributed by atoms with Crippen molar-refractivity contribution in [2.45, 2.75) is 51.2 Å². The minimum absolute atomic E-state index is 0.0429. The van der Waals surface area contributed by atoms with Gasteiger partial charge in [-0.15, -0.1) is 0 Å². The average molecular weight is 291 g/mol. The SMILES string of the molecule is CC(C)(C)OC(=O)N1CCC[C@H](c2ccccc2)[C@@H]1CO. The van der Waals surface area contributed by atoms with E-state index in [4.69, 9.17) is 4.74 Å². The summed E-state index contributed by atoms with van der Waals surface area (Å²) in [5, 5.41) is 9.79. The van der Waals surface area contributed by atoms with Crippen LogP contribution in [0.4, 0.5) is 4.79 Å². The Hall–Kier alpha value is -1.55. The van der Waals surface area contributed by atoms with Gasteiger partial charge in [0, 0.05) is 12.5 Å². The summed E-state index contributed by atoms with van der Waals surface area (Å²) >= 11 is 0. The number of amides is 1. The third-order valence-electron chi connectivity index (χ3n) is 3.82. The van der Waals surface area contributed by atoms with Crippen molar-refractivity contribution in [2.24, 2.45) is 0 Å². The van der Waals surface area contributed by atoms with Gasteiger partial charge in [0.15, 0.2) is 0 Å². The van der Waals surface area contributed by atoms with Crippen LogP contribution in [0.3, 0.4) is 0 Å². The second-order valence-corrected chi connectivity index (χ2v) is 6.58. The first-order valence-electron chi connectivity index (χ1n) is 7.58. The zero-order valence-corrected chi connectivity index (χ0v) is 13.1. The fraction of sp³-hybridized carbons (Fsp3) is 0.588. The maximum Gasteiger partial charge on any atom is 0.410 e. The van der Waals surface area contributed by atoms with E-state index in [1.54, 1.807) is 4.90 Å². The molecule has 116 valence electrons. The Bertz CT molecular complexity index is 467. The Morgan fingerprint density at radius 2 is 2.00 bits per heavy atom. The highest BCUT2D eigenvalue weighted by Crippen LogP contribution is 2.33. The number of piperidine rings is 1. The normalized spacial score (nSPS) is 23.0. The van der Waals surface area contributed by atoms with Crippen molar-refractivity contribution in [1.82, 2.24) is 4.90 Å². The highest BCUT2D eigenvalue weighted by molar-refractivity contribution is 5.69. The van der Waals surface area contributed by atoms with Crippen LogP contribution in [0.2, 0.25) is 0 Å². The molecule has 1 amide bonds. The summed E-state index contributed by atoms with van der Waals surface area (Å²) in [4.78, 5) is 14.0. The second kappa shape index (κ2) is 6.48. The molecule has 1 fully saturated rings. The van der Waals surface area contributed by atoms with E-state index in [0.29, 0.717) is 6.54 Å². The number of rotatable bonds is 2. The molecule has 0 unspecified atom stereocenters. The molecule has 1 N–H and O–H groups in total. The third kappa shape index (κ3) is 3.97. The van der Waals surface area contributed by atoms with Crippen LogP contribution in [0.25, 0.3) is 0 Å². The van der Waals surface area contributed by atoms with E-state index in [2.05, 4.69) is 12.1 Å². The van der Waals surface area contributed by atoms with E-state index in [0.717, 1.165) is 12.8 Å². The Balaban J connectivity index is 2.17. The monoisotopic (exact) mass is 291 g/mol. The highest BCUT2D eigenvalue weighted by atomic mass is 16.6. The van der Waals surface area contributed by atoms with E-state index < -0.39 is 5.60 Å². The Morgan fingerprint density at radius 3 is 2.57 bits per heavy atom. The summed E-state index contributed by atoms with van der Waals surface area (Å²) in [6.45, 7) is 6.18. The Kier molecular flexibility index (Phi) is 4.88. The number of likely N-dealkylation sites (tertiary alicyclic amines) is 1. The van der Waals surface area contributed by atoms with Crippen molar-refractivity contribution >= 4 is 6.09 Å². The zero-order valence-electron chi connectivity index (χ0n) is 13.1. The van der Waals surface area contributed by atoms with Crippen LogP contribution in [0, 0.1) is 0 Å². The van der Waals surface area contributed by atoms with Crippen molar-refractivity contribution in [3.05, 3.63) is 35.9 Å². The largest absolute Gasteiger partial charge is 0.444 e. The lowest BCUT2D eigenvalue weighted by molar-refractivity contribution is -0.00272. The molecule has 21 heavy (non-hydrogen) atoms. The van der Waals surface area contributed by atoms with Gasteiger partial charge in [-0.05, 0) is 39.2 Å². The van der Waals surface area contributed by atoms with Crippen molar-refractivity contribution in [2.75, 3.05) is 13.2 Å². The number of carbonyl (C=O) groups is 1. The average Bonchev–Trinajstić information content (AvgIpc) is 2.45. The smallest absolute Gasteiger partial charge is 0.410 e. The number of hydrogen-bond acceptors (Lipinski definition) is 3. The number of nitrogens with zero attached hydrogens (tertiary/aromatic N) is 1. The molecule has 2 atom stereocenters. The van der Waals surface area contributed by atoms with Crippen LogP contribution in [0.5, 0.6) is 0 Å². The Labute approximate surface area is 126 Å². The van der Waals surface area contributed by atoms with Gasteiger partial charge < -0.3 is 14.7 Å². The highest BCUT2D eigenvalue weighted by Gasteiger charge is 2.36. The molecular formula is C17H25NO3. The summed E-state index contributed by atoms with van der Waals surface area (Å²) in [5.41, 5.74) is 0.654. The standard InChI is InChI=1S/C17H25NO3/c1-17(2,3)21-16(20)18-11-7-10-14(15(18)12-19)13-8-5-4-6-9-13/h4-6,8-9,14-15,19H,7,10-12H2,1-3H3/t14-,15+/m1/s1. The lowest BCUT2D eigenvalue weighted by Gasteiger charge is -2.41. The van der Waals surface area contributed by atoms with Crippen LogP contribution in [-0.4, -0.2) is 40.9 Å². The number of benzene rings is 1. The van der Waals surface area contributed by atoms with Gasteiger partial charge in [0.05, 0.1) is 12.6 Å². The van der Waals surface area contributed by atoms with Crippen molar-refractivity contribution in [3.63, 3.8) is 0 Å². The summed E-state index contributed by atoms with van der Waals surface area (Å²) in [7, 11) is 0. The van der Waals surface area contributed by atoms with E-state index in [1.165, 1.54) is 5.56 Å². The molecule has 4 heteroatoms. The summed E-state index contributed by atoms with van der Waals surface area (Å²) in [6.07, 6.45) is 1.58. The van der Waals surface area contributed by atoms with Gasteiger partial charge in [0.25, 0.3) is 0 Å². The van der Waals surface area contributed by atoms with Crippen LogP contribution < -0.4 is 0 Å². The molecule has 0 spiro atoms. The summed E-state index contributed by atoms with van der Waals surface area (Å²) in [5.74, 6) is 0.164. The predicted octanol–water partition coefficient (Wildman–Crippen LogP) is 3.16. The molecule has 0 bridgehead atoms. The van der Waals surface area contributed by atoms with E-state index in [1.807, 2.05) is 39.0 Å². The molecule has 2 rings (SSSR count). The first kappa shape index (κ1) is 15.8. The first-order chi connectivity index (χ1) is 9.92. The number of hydrogen-bond donors (Lipinski definition) is 1. The molecule has 4 nitrogen and oxygen atoms in total. The number of aliphatic hydroxyl groups is 1. The van der Waals surface area contributed by atoms with Crippen LogP contribution >= 0.6 is 0 Å². The molecular weight excluding hydrogens is 266 g/mol. The molecule has 0 saturated carbocycles. The molecule has 0 aliphatic carbocycles. The summed E-state index contributed by atoms with van der Waals surface area (Å²) in [6, 6.07) is 9.88. The van der Waals surface area contributed by atoms with Gasteiger partial charge in [0.2, 0.25) is 0 Å². The van der Waals surface area contributed by atoms with Gasteiger partial charge in [-0.1, -0.05) is 30.3 Å². The lowest BCUT2D eigenvalue weighted by Crippen LogP contribution is -2.51. The van der Waals surface area contributed by atoms with Crippen molar-refractivity contribution < 1.29 is 14.6 Å². The quantitative estimate of drug-likeness (QED) is 0.910. The third-order valence-corrected chi connectivity index (χ3v) is 3.82. The predicted molar refractivity (Wildman–Crippen MR) is 82.2 cm³/mol. The van der Waals surface area contributed by atoms with Gasteiger partial charge >= 0.3 is 6.09 Å². The second-order valence-electron chi connectivity index (χ2n) is 6.58. The van der Waals surface area contributed by atoms with Gasteiger partial charge in [-0.3, -0.25) is 0 Å². The molecule has 1 saturated heterocycles. The number of aliphatic hydroxyl groups excluding tert-OH is 1. The number of carbonyl (C=O) groups excluding carboxylic acids is 1. The molecule has 0 radical (unpaired) electrons. The molecule has 1 aromatic rings. The molecule has 1 aromatic carbocycles. The van der Waals surface area contributed by atoms with Crippen LogP contribution in [0.1, 0.15) is 45.1 Å². The Morgan fingerprint density at radius 1 is 1.33 bits per heavy atom. The van der Waals surface area contributed by atoms with E-state index >= 15 is 0 Å². The maximum atomic E-state index is 12.4. The van der Waals surface area contributed by atoms with Gasteiger partial charge in [-0.25, -0.2) is 4.79 Å². The first-order valence-corrected chi connectivity index (χ1v) is 7.58. The maximum absolute atomic E-state index is 12.4. The number of ether oxygens (including phenoxy) is 1. The molecule has 0 aromatic heterocycles. The van der Waals surface area contributed by atoms with E-state index in [9.17, 15) is 9.90 Å². The fourth-order valence-electron chi connectivity index (χ4n) is 2.92. The van der Waals surface area contributed by atoms with Gasteiger partial charge in [-0.2, -0.15) is 0 Å². The van der Waals surface area contributed by atoms with Crippen molar-refractivity contribution in [1.29, 1.82) is 0 Å². The fourth-order valence-corrected chi connectivity index (χ4v) is 2.92. The molecule has 1 heterocycles. The van der Waals surface area contributed by atoms with Crippen LogP contribution in [0.15, 0.2) is 30.3 Å². The lowest BCUT2D eigenvalue weighted by atomic mass is 9.84. The van der Waals surface area contributed by atoms with Crippen molar-refractivity contribution in [3.8, 4) is 0 Å². The van der Waals surface area contributed by atoms with E-state index in [-0.39, 0.29) is 24.7 Å². The molecule has 1 aliphatic heterocycles. The van der Waals surface area contributed by atoms with Gasteiger partial charge in [0.1, 0.15) is 5.60 Å². The zero-order chi connectivity index (χ0) is 15.5.